The van der Waals surface area contributed by atoms with Crippen molar-refractivity contribution in [2.45, 2.75) is 155 Å². The van der Waals surface area contributed by atoms with Gasteiger partial charge in [-0.3, -0.25) is 19.2 Å². The van der Waals surface area contributed by atoms with E-state index in [1.165, 1.54) is 37.7 Å². The molecule has 376 valence electrons. The van der Waals surface area contributed by atoms with E-state index in [4.69, 9.17) is 18.9 Å². The number of hydrogen-bond acceptors (Lipinski definition) is 13. The largest absolute Gasteiger partial charge is 0.479 e. The number of aliphatic carboxylic acids is 1. The fourth-order valence-electron chi connectivity index (χ4n) is 8.03. The molecule has 0 unspecified atom stereocenters. The molecule has 0 aliphatic carbocycles. The van der Waals surface area contributed by atoms with Crippen LogP contribution in [0.3, 0.4) is 0 Å². The summed E-state index contributed by atoms with van der Waals surface area (Å²) in [4.78, 5) is 113. The average Bonchev–Trinajstić information content (AvgIpc) is 3.30. The van der Waals surface area contributed by atoms with E-state index >= 15 is 0 Å². The van der Waals surface area contributed by atoms with Crippen LogP contribution in [0.4, 0.5) is 0 Å². The molecule has 8 atom stereocenters. The van der Waals surface area contributed by atoms with Crippen LogP contribution in [0.2, 0.25) is 0 Å². The molecular formula is C51H74N4O13. The van der Waals surface area contributed by atoms with Crippen LogP contribution in [0.15, 0.2) is 60.7 Å². The Labute approximate surface area is 401 Å². The van der Waals surface area contributed by atoms with E-state index in [9.17, 15) is 43.5 Å². The van der Waals surface area contributed by atoms with Gasteiger partial charge in [-0.1, -0.05) is 102 Å². The lowest BCUT2D eigenvalue weighted by Crippen LogP contribution is -2.55. The second kappa shape index (κ2) is 27.2. The summed E-state index contributed by atoms with van der Waals surface area (Å²) in [5.41, 5.74) is 1.38. The molecule has 0 aromatic heterocycles. The van der Waals surface area contributed by atoms with Crippen molar-refractivity contribution in [1.82, 2.24) is 20.0 Å². The molecular weight excluding hydrogens is 877 g/mol. The molecule has 1 heterocycles. The van der Waals surface area contributed by atoms with E-state index in [2.05, 4.69) is 5.32 Å². The van der Waals surface area contributed by atoms with Crippen LogP contribution in [0.25, 0.3) is 0 Å². The van der Waals surface area contributed by atoms with Gasteiger partial charge in [-0.15, -0.1) is 0 Å². The fourth-order valence-corrected chi connectivity index (χ4v) is 8.03. The Bertz CT molecular complexity index is 2000. The highest BCUT2D eigenvalue weighted by molar-refractivity contribution is 5.93. The van der Waals surface area contributed by atoms with Crippen molar-refractivity contribution in [2.75, 3.05) is 27.7 Å². The van der Waals surface area contributed by atoms with Crippen molar-refractivity contribution in [1.29, 1.82) is 0 Å². The number of carboxylic acid groups (broad SMARTS) is 1. The fraction of sp³-hybridized carbons (Fsp3) is 0.608. The monoisotopic (exact) mass is 951 g/mol. The third-order valence-corrected chi connectivity index (χ3v) is 11.8. The molecule has 1 saturated heterocycles. The number of ether oxygens (including phenoxy) is 4. The van der Waals surface area contributed by atoms with Crippen LogP contribution in [0.5, 0.6) is 0 Å². The van der Waals surface area contributed by atoms with Crippen molar-refractivity contribution >= 4 is 47.6 Å². The summed E-state index contributed by atoms with van der Waals surface area (Å²) >= 11 is 0. The van der Waals surface area contributed by atoms with Crippen molar-refractivity contribution in [3.63, 3.8) is 0 Å². The summed E-state index contributed by atoms with van der Waals surface area (Å²) < 4.78 is 22.9. The van der Waals surface area contributed by atoms with Gasteiger partial charge in [0.15, 0.2) is 24.4 Å². The van der Waals surface area contributed by atoms with E-state index in [-0.39, 0.29) is 56.4 Å². The van der Waals surface area contributed by atoms with Gasteiger partial charge in [0.05, 0.1) is 0 Å². The minimum Gasteiger partial charge on any atom is -0.479 e. The predicted molar refractivity (Wildman–Crippen MR) is 252 cm³/mol. The van der Waals surface area contributed by atoms with Crippen LogP contribution in [0.1, 0.15) is 105 Å². The summed E-state index contributed by atoms with van der Waals surface area (Å²) in [6.45, 7) is 14.0. The highest BCUT2D eigenvalue weighted by Crippen LogP contribution is 2.25. The van der Waals surface area contributed by atoms with Gasteiger partial charge in [-0.25, -0.2) is 19.2 Å². The van der Waals surface area contributed by atoms with Crippen LogP contribution in [0, 0.1) is 17.8 Å². The number of likely N-dealkylation sites (tertiary alicyclic amines) is 1. The zero-order valence-corrected chi connectivity index (χ0v) is 41.7. The summed E-state index contributed by atoms with van der Waals surface area (Å²) in [7, 11) is 4.44. The molecule has 17 nitrogen and oxygen atoms in total. The Morgan fingerprint density at radius 1 is 0.618 bits per heavy atom. The van der Waals surface area contributed by atoms with Crippen LogP contribution < -0.4 is 5.32 Å². The maximum absolute atomic E-state index is 14.4. The lowest BCUT2D eigenvalue weighted by molar-refractivity contribution is -0.175. The number of carboxylic acids is 1. The zero-order chi connectivity index (χ0) is 50.8. The van der Waals surface area contributed by atoms with E-state index < -0.39 is 96.2 Å². The molecule has 0 saturated carbocycles. The Morgan fingerprint density at radius 2 is 1.09 bits per heavy atom. The molecule has 2 aromatic rings. The number of piperidine rings is 1. The topological polar surface area (TPSA) is 215 Å². The van der Waals surface area contributed by atoms with Crippen LogP contribution in [-0.4, -0.2) is 144 Å². The van der Waals surface area contributed by atoms with Crippen molar-refractivity contribution in [2.24, 2.45) is 17.8 Å². The summed E-state index contributed by atoms with van der Waals surface area (Å²) in [5, 5.41) is 12.3. The molecule has 68 heavy (non-hydrogen) atoms. The van der Waals surface area contributed by atoms with Crippen molar-refractivity contribution < 1.29 is 62.4 Å². The molecule has 3 rings (SSSR count). The standard InChI is InChI=1S/C51H74N4O13/c1-31(2)26-38(52-9)48(61)67-42(29-36-20-14-12-15-21-36)45(57)54(11)40(27-32(3)4)50(63)65-34(7)44(56)53(10)41(28-33(5)6)51(64)68-43(30-37-22-16-13-17-23-37)46(58)55-25-19-18-24-39(55)49(62)66-35(8)47(59)60/h12-17,20-23,31-35,38-43,52H,18-19,24-30H2,1-11H3,(H,59,60)/t34-,35-,38+,39+,40+,41+,42-,43-/m1/s1. The second-order valence-corrected chi connectivity index (χ2v) is 18.9. The quantitative estimate of drug-likeness (QED) is 0.0990. The Balaban J connectivity index is 1.88. The molecule has 0 spiro atoms. The number of carbonyl (C=O) groups is 8. The van der Waals surface area contributed by atoms with Gasteiger partial charge in [0.2, 0.25) is 0 Å². The van der Waals surface area contributed by atoms with Gasteiger partial charge in [0.1, 0.15) is 24.2 Å². The third-order valence-electron chi connectivity index (χ3n) is 11.8. The lowest BCUT2D eigenvalue weighted by atomic mass is 9.99. The van der Waals surface area contributed by atoms with Gasteiger partial charge in [-0.2, -0.15) is 0 Å². The van der Waals surface area contributed by atoms with Gasteiger partial charge in [0.25, 0.3) is 17.7 Å². The van der Waals surface area contributed by atoms with E-state index in [1.807, 2.05) is 47.6 Å². The highest BCUT2D eigenvalue weighted by atomic mass is 16.6. The van der Waals surface area contributed by atoms with Gasteiger partial charge >= 0.3 is 29.8 Å². The number of nitrogens with zero attached hydrogens (tertiary/aromatic N) is 3. The average molecular weight is 951 g/mol. The number of hydrogen-bond donors (Lipinski definition) is 2. The van der Waals surface area contributed by atoms with E-state index in [0.717, 1.165) is 10.5 Å². The number of carbonyl (C=O) groups excluding carboxylic acids is 7. The summed E-state index contributed by atoms with van der Waals surface area (Å²) in [6, 6.07) is 13.6. The summed E-state index contributed by atoms with van der Waals surface area (Å²) in [5.74, 6) is -6.83. The molecule has 0 bridgehead atoms. The number of likely N-dealkylation sites (N-methyl/N-ethyl adjacent to an activating group) is 3. The Morgan fingerprint density at radius 3 is 1.57 bits per heavy atom. The third kappa shape index (κ3) is 17.0. The van der Waals surface area contributed by atoms with Crippen molar-refractivity contribution in [3.8, 4) is 0 Å². The van der Waals surface area contributed by atoms with Crippen LogP contribution in [-0.2, 0) is 70.1 Å². The zero-order valence-electron chi connectivity index (χ0n) is 41.7. The molecule has 2 aromatic carbocycles. The minimum atomic E-state index is -1.45. The van der Waals surface area contributed by atoms with E-state index in [0.29, 0.717) is 24.8 Å². The van der Waals surface area contributed by atoms with Crippen molar-refractivity contribution in [3.05, 3.63) is 71.8 Å². The molecule has 3 amide bonds. The Kier molecular flexibility index (Phi) is 22.6. The maximum atomic E-state index is 14.4. The SMILES string of the molecule is CN[C@@H](CC(C)C)C(=O)O[C@H](Cc1ccccc1)C(=O)N(C)[C@@H](CC(C)C)C(=O)O[C@H](C)C(=O)N(C)[C@@H](CC(C)C)C(=O)O[C@H](Cc1ccccc1)C(=O)N1CCCC[C@H]1C(=O)O[C@H](C)C(=O)O. The first kappa shape index (κ1) is 56.5. The molecule has 1 aliphatic rings. The summed E-state index contributed by atoms with van der Waals surface area (Å²) in [6.07, 6.45) is -3.63. The van der Waals surface area contributed by atoms with Gasteiger partial charge < -0.3 is 44.1 Å². The number of rotatable bonds is 25. The molecule has 2 N–H and O–H groups in total. The van der Waals surface area contributed by atoms with Crippen LogP contribution >= 0.6 is 0 Å². The van der Waals surface area contributed by atoms with Gasteiger partial charge in [-0.05, 0) is 88.3 Å². The minimum absolute atomic E-state index is 0.0410. The smallest absolute Gasteiger partial charge is 0.344 e. The second-order valence-electron chi connectivity index (χ2n) is 18.9. The first-order valence-electron chi connectivity index (χ1n) is 23.7. The molecule has 1 aliphatic heterocycles. The number of benzene rings is 2. The maximum Gasteiger partial charge on any atom is 0.344 e. The highest BCUT2D eigenvalue weighted by Gasteiger charge is 2.42. The number of nitrogens with one attached hydrogen (secondary N) is 1. The first-order valence-corrected chi connectivity index (χ1v) is 23.7. The Hall–Kier alpha value is -5.84. The molecule has 0 radical (unpaired) electrons. The molecule has 1 fully saturated rings. The predicted octanol–water partition coefficient (Wildman–Crippen LogP) is 5.00. The van der Waals surface area contributed by atoms with E-state index in [1.54, 1.807) is 61.6 Å². The molecule has 17 heteroatoms. The number of amides is 3. The normalized spacial score (nSPS) is 16.9. The lowest BCUT2D eigenvalue weighted by Gasteiger charge is -2.37. The van der Waals surface area contributed by atoms with Gasteiger partial charge in [0, 0.05) is 33.5 Å². The first-order chi connectivity index (χ1) is 32.0. The number of esters is 4.